The monoisotopic (exact) mass is 576 g/mol. The average Bonchev–Trinajstić information content (AvgIpc) is 3.48. The highest BCUT2D eigenvalue weighted by molar-refractivity contribution is 8.14. The van der Waals surface area contributed by atoms with Crippen LogP contribution in [0.5, 0.6) is 0 Å². The first kappa shape index (κ1) is 27.9. The molecule has 214 valence electrons. The fourth-order valence-electron chi connectivity index (χ4n) is 8.35. The molecule has 2 heterocycles. The van der Waals surface area contributed by atoms with Gasteiger partial charge in [-0.3, -0.25) is 9.59 Å². The molecule has 10 heteroatoms. The van der Waals surface area contributed by atoms with Crippen molar-refractivity contribution in [3.63, 3.8) is 0 Å². The van der Waals surface area contributed by atoms with Gasteiger partial charge in [0.15, 0.2) is 5.60 Å². The second-order valence-electron chi connectivity index (χ2n) is 12.2. The van der Waals surface area contributed by atoms with E-state index in [2.05, 4.69) is 35.2 Å². The molecule has 2 aromatic heterocycles. The number of esters is 1. The number of carbonyl (C=O) groups is 2. The number of aromatic nitrogens is 3. The number of aliphatic hydroxyl groups excluding tert-OH is 1. The van der Waals surface area contributed by atoms with E-state index in [0.29, 0.717) is 31.4 Å². The van der Waals surface area contributed by atoms with Crippen molar-refractivity contribution >= 4 is 28.9 Å². The van der Waals surface area contributed by atoms with Crippen LogP contribution >= 0.6 is 11.8 Å². The van der Waals surface area contributed by atoms with Crippen LogP contribution in [0.2, 0.25) is 0 Å². The molecule has 41 heavy (non-hydrogen) atoms. The van der Waals surface area contributed by atoms with Crippen LogP contribution in [0.1, 0.15) is 57.7 Å². The number of carbonyl (C=O) groups excluding carboxylic acids is 2. The summed E-state index contributed by atoms with van der Waals surface area (Å²) in [6, 6.07) is 4.97. The molecule has 8 nitrogen and oxygen atoms in total. The first-order valence-corrected chi connectivity index (χ1v) is 15.1. The maximum Gasteiger partial charge on any atom is 0.306 e. The van der Waals surface area contributed by atoms with Gasteiger partial charge in [0, 0.05) is 23.2 Å². The lowest BCUT2D eigenvalue weighted by atomic mass is 9.47. The molecule has 4 aliphatic rings. The molecule has 0 unspecified atom stereocenters. The first-order valence-electron chi connectivity index (χ1n) is 14.1. The van der Waals surface area contributed by atoms with Crippen molar-refractivity contribution in [2.75, 3.05) is 5.75 Å². The molecule has 2 aromatic rings. The second kappa shape index (κ2) is 9.92. The molecule has 2 saturated carbocycles. The minimum atomic E-state index is -1.38. The lowest BCUT2D eigenvalue weighted by molar-refractivity contribution is -0.191. The molecule has 0 aromatic carbocycles. The smallest absolute Gasteiger partial charge is 0.306 e. The highest BCUT2D eigenvalue weighted by Gasteiger charge is 2.70. The van der Waals surface area contributed by atoms with Crippen molar-refractivity contribution in [2.45, 2.75) is 64.6 Å². The predicted octanol–water partition coefficient (Wildman–Crippen LogP) is 4.81. The molecule has 0 amide bonds. The molecular formula is C31H33FN4O4S. The summed E-state index contributed by atoms with van der Waals surface area (Å²) in [6.07, 6.45) is 11.1. The van der Waals surface area contributed by atoms with Crippen LogP contribution in [-0.4, -0.2) is 48.4 Å². The molecule has 0 bridgehead atoms. The predicted molar refractivity (Wildman–Crippen MR) is 151 cm³/mol. The van der Waals surface area contributed by atoms with Gasteiger partial charge in [0.05, 0.1) is 41.7 Å². The Labute approximate surface area is 242 Å². The number of pyridine rings is 1. The zero-order valence-electron chi connectivity index (χ0n) is 23.3. The third-order valence-corrected chi connectivity index (χ3v) is 11.1. The van der Waals surface area contributed by atoms with Crippen LogP contribution in [0, 0.1) is 45.9 Å². The third kappa shape index (κ3) is 4.03. The van der Waals surface area contributed by atoms with Gasteiger partial charge < -0.3 is 9.84 Å². The Hall–Kier alpha value is -3.29. The van der Waals surface area contributed by atoms with E-state index >= 15 is 0 Å². The average molecular weight is 577 g/mol. The summed E-state index contributed by atoms with van der Waals surface area (Å²) in [7, 11) is 0. The Morgan fingerprint density at radius 3 is 2.83 bits per heavy atom. The van der Waals surface area contributed by atoms with Gasteiger partial charge in [0.2, 0.25) is 11.1 Å². The van der Waals surface area contributed by atoms with E-state index in [-0.39, 0.29) is 40.5 Å². The topological polar surface area (TPSA) is 118 Å². The number of halogens is 1. The SMILES string of the molecule is CCC(=O)O[C@]1(C(=O)SCC#N)CC[C@H]2[C@@H]3C=CC4=Cc5c(cnn5-c5ccc(F)nc5)C[C@]4(C)[C@H]3[C@@H](O)C[C@@]21C. The molecule has 7 atom stereocenters. The van der Waals surface area contributed by atoms with E-state index in [4.69, 9.17) is 10.00 Å². The van der Waals surface area contributed by atoms with Gasteiger partial charge in [0.25, 0.3) is 0 Å². The lowest BCUT2D eigenvalue weighted by Gasteiger charge is -2.59. The van der Waals surface area contributed by atoms with Gasteiger partial charge in [-0.05, 0) is 66.9 Å². The fraction of sp³-hybridized carbons (Fsp3) is 0.516. The molecule has 6 rings (SSSR count). The van der Waals surface area contributed by atoms with E-state index in [9.17, 15) is 19.1 Å². The van der Waals surface area contributed by atoms with Crippen LogP contribution in [0.25, 0.3) is 11.8 Å². The fourth-order valence-corrected chi connectivity index (χ4v) is 9.15. The van der Waals surface area contributed by atoms with Crippen molar-refractivity contribution in [3.8, 4) is 11.8 Å². The van der Waals surface area contributed by atoms with E-state index in [1.807, 2.05) is 19.2 Å². The number of hydrogen-bond acceptors (Lipinski definition) is 8. The summed E-state index contributed by atoms with van der Waals surface area (Å²) in [5.74, 6) is -1.14. The Balaban J connectivity index is 1.38. The molecule has 2 fully saturated rings. The molecule has 0 saturated heterocycles. The number of nitriles is 1. The minimum Gasteiger partial charge on any atom is -0.449 e. The quantitative estimate of drug-likeness (QED) is 0.398. The highest BCUT2D eigenvalue weighted by atomic mass is 32.2. The summed E-state index contributed by atoms with van der Waals surface area (Å²) in [6.45, 7) is 5.88. The number of rotatable bonds is 5. The van der Waals surface area contributed by atoms with E-state index in [1.165, 1.54) is 12.3 Å². The largest absolute Gasteiger partial charge is 0.449 e. The van der Waals surface area contributed by atoms with Gasteiger partial charge in [-0.2, -0.15) is 14.8 Å². The molecular weight excluding hydrogens is 543 g/mol. The molecule has 0 aliphatic heterocycles. The Bertz CT molecular complexity index is 1510. The maximum absolute atomic E-state index is 13.7. The number of fused-ring (bicyclic) bond motifs is 6. The number of aliphatic hydroxyl groups is 1. The van der Waals surface area contributed by atoms with Gasteiger partial charge in [0.1, 0.15) is 0 Å². The number of ether oxygens (including phenoxy) is 1. The van der Waals surface area contributed by atoms with Gasteiger partial charge in [-0.15, -0.1) is 0 Å². The molecule has 1 N–H and O–H groups in total. The van der Waals surface area contributed by atoms with Crippen molar-refractivity contribution in [2.24, 2.45) is 28.6 Å². The Kier molecular flexibility index (Phi) is 6.74. The standard InChI is InChI=1S/C31H33FN4O4S/c1-4-26(38)40-31(28(39)41-12-11-33)10-9-22-21-7-5-19-13-23-18(16-35-36(23)20-6-8-25(32)34-17-20)14-29(19,2)27(21)24(37)15-30(22,31)3/h5-8,13,16-17,21-22,24,27,37H,4,9-10,12,14-15H2,1-3H3/t21-,22-,24-,27+,29-,30-,31-/m0/s1. The Morgan fingerprint density at radius 1 is 1.32 bits per heavy atom. The second-order valence-corrected chi connectivity index (χ2v) is 13.1. The number of hydrogen-bond donors (Lipinski definition) is 1. The van der Waals surface area contributed by atoms with Crippen molar-refractivity contribution in [3.05, 3.63) is 59.5 Å². The van der Waals surface area contributed by atoms with Crippen LogP contribution < -0.4 is 0 Å². The number of nitrogens with zero attached hydrogens (tertiary/aromatic N) is 4. The maximum atomic E-state index is 13.7. The van der Waals surface area contributed by atoms with Crippen molar-refractivity contribution in [1.82, 2.24) is 14.8 Å². The zero-order chi connectivity index (χ0) is 29.2. The van der Waals surface area contributed by atoms with E-state index in [0.717, 1.165) is 28.6 Å². The Morgan fingerprint density at radius 2 is 2.12 bits per heavy atom. The normalized spacial score (nSPS) is 34.9. The molecule has 4 aliphatic carbocycles. The van der Waals surface area contributed by atoms with E-state index in [1.54, 1.807) is 17.7 Å². The van der Waals surface area contributed by atoms with E-state index < -0.39 is 29.0 Å². The summed E-state index contributed by atoms with van der Waals surface area (Å²) in [5.41, 5.74) is 1.17. The minimum absolute atomic E-state index is 0.0104. The van der Waals surface area contributed by atoms with Crippen LogP contribution in [0.3, 0.4) is 0 Å². The highest BCUT2D eigenvalue weighted by Crippen LogP contribution is 2.67. The van der Waals surface area contributed by atoms with Gasteiger partial charge in [-0.1, -0.05) is 44.7 Å². The first-order chi connectivity index (χ1) is 19.6. The van der Waals surface area contributed by atoms with Gasteiger partial charge >= 0.3 is 5.97 Å². The van der Waals surface area contributed by atoms with Crippen LogP contribution in [0.15, 0.2) is 42.3 Å². The third-order valence-electron chi connectivity index (χ3n) is 10.2. The summed E-state index contributed by atoms with van der Waals surface area (Å²) < 4.78 is 21.2. The van der Waals surface area contributed by atoms with Crippen LogP contribution in [-0.2, 0) is 20.7 Å². The van der Waals surface area contributed by atoms with Crippen LogP contribution in [0.4, 0.5) is 4.39 Å². The summed E-state index contributed by atoms with van der Waals surface area (Å²) >= 11 is 0.900. The molecule has 0 radical (unpaired) electrons. The van der Waals surface area contributed by atoms with Crippen molar-refractivity contribution in [1.29, 1.82) is 5.26 Å². The number of thioether (sulfide) groups is 1. The summed E-state index contributed by atoms with van der Waals surface area (Å²) in [4.78, 5) is 30.1. The van der Waals surface area contributed by atoms with Crippen molar-refractivity contribution < 1.29 is 23.8 Å². The van der Waals surface area contributed by atoms with Gasteiger partial charge in [-0.25, -0.2) is 9.67 Å². The molecule has 0 spiro atoms. The lowest BCUT2D eigenvalue weighted by Crippen LogP contribution is -2.62. The zero-order valence-corrected chi connectivity index (χ0v) is 24.2. The number of allylic oxidation sites excluding steroid dienone is 3. The summed E-state index contributed by atoms with van der Waals surface area (Å²) in [5, 5.41) is 25.3.